The average Bonchev–Trinajstić information content (AvgIpc) is 2.11. The molecule has 2 saturated heterocycles. The van der Waals surface area contributed by atoms with Crippen LogP contribution in [-0.2, 0) is 4.74 Å². The lowest BCUT2D eigenvalue weighted by molar-refractivity contribution is -0.0284. The number of likely N-dealkylation sites (tertiary alicyclic amines) is 1. The molecule has 4 nitrogen and oxygen atoms in total. The van der Waals surface area contributed by atoms with E-state index in [4.69, 9.17) is 4.74 Å². The molecule has 0 aliphatic carbocycles. The van der Waals surface area contributed by atoms with E-state index in [9.17, 15) is 9.18 Å². The van der Waals surface area contributed by atoms with Gasteiger partial charge in [0.15, 0.2) is 0 Å². The number of nitrogens with zero attached hydrogens (tertiary/aromatic N) is 1. The zero-order valence-corrected chi connectivity index (χ0v) is 10.8. The van der Waals surface area contributed by atoms with Crippen molar-refractivity contribution in [2.75, 3.05) is 26.2 Å². The molecule has 0 radical (unpaired) electrons. The Morgan fingerprint density at radius 3 is 2.59 bits per heavy atom. The van der Waals surface area contributed by atoms with E-state index in [2.05, 4.69) is 5.32 Å². The first-order valence-corrected chi connectivity index (χ1v) is 6.12. The van der Waals surface area contributed by atoms with E-state index in [0.29, 0.717) is 13.0 Å². The first-order chi connectivity index (χ1) is 7.80. The maximum absolute atomic E-state index is 13.7. The molecule has 1 spiro atoms. The summed E-state index contributed by atoms with van der Waals surface area (Å²) < 4.78 is 19.0. The van der Waals surface area contributed by atoms with Crippen molar-refractivity contribution in [3.05, 3.63) is 0 Å². The molecule has 0 bridgehead atoms. The SMILES string of the molecule is CC(C)(C)OC(=O)N1CC(F)CC2(CNC2)C1. The number of piperidine rings is 1. The molecule has 2 rings (SSSR count). The molecule has 0 saturated carbocycles. The monoisotopic (exact) mass is 244 g/mol. The summed E-state index contributed by atoms with van der Waals surface area (Å²) in [6, 6.07) is 0. The highest BCUT2D eigenvalue weighted by Gasteiger charge is 2.46. The second-order valence-corrected chi connectivity index (χ2v) is 6.27. The number of carbonyl (C=O) groups excluding carboxylic acids is 1. The number of ether oxygens (including phenoxy) is 1. The minimum absolute atomic E-state index is 0.0609. The molecule has 2 aliphatic heterocycles. The van der Waals surface area contributed by atoms with Gasteiger partial charge in [-0.15, -0.1) is 0 Å². The Hall–Kier alpha value is -0.840. The molecule has 1 amide bonds. The van der Waals surface area contributed by atoms with Crippen molar-refractivity contribution in [3.8, 4) is 0 Å². The molecule has 0 aromatic rings. The Kier molecular flexibility index (Phi) is 3.06. The summed E-state index contributed by atoms with van der Waals surface area (Å²) in [6.45, 7) is 7.83. The van der Waals surface area contributed by atoms with Crippen LogP contribution in [0, 0.1) is 5.41 Å². The van der Waals surface area contributed by atoms with Crippen LogP contribution in [0.4, 0.5) is 9.18 Å². The number of alkyl halides is 1. The molecule has 0 aromatic carbocycles. The van der Waals surface area contributed by atoms with E-state index in [1.54, 1.807) is 0 Å². The summed E-state index contributed by atoms with van der Waals surface area (Å²) in [5.74, 6) is 0. The van der Waals surface area contributed by atoms with Crippen molar-refractivity contribution < 1.29 is 13.9 Å². The van der Waals surface area contributed by atoms with Crippen molar-refractivity contribution in [3.63, 3.8) is 0 Å². The Morgan fingerprint density at radius 1 is 1.47 bits per heavy atom. The van der Waals surface area contributed by atoms with Crippen LogP contribution in [0.3, 0.4) is 0 Å². The lowest BCUT2D eigenvalue weighted by atomic mass is 9.74. The molecular weight excluding hydrogens is 223 g/mol. The van der Waals surface area contributed by atoms with Crippen molar-refractivity contribution >= 4 is 6.09 Å². The van der Waals surface area contributed by atoms with Gasteiger partial charge < -0.3 is 15.0 Å². The van der Waals surface area contributed by atoms with Crippen LogP contribution in [0.1, 0.15) is 27.2 Å². The van der Waals surface area contributed by atoms with Crippen molar-refractivity contribution in [2.24, 2.45) is 5.41 Å². The minimum atomic E-state index is -0.932. The molecule has 1 atom stereocenters. The first-order valence-electron chi connectivity index (χ1n) is 6.12. The van der Waals surface area contributed by atoms with Crippen LogP contribution in [-0.4, -0.2) is 48.9 Å². The summed E-state index contributed by atoms with van der Waals surface area (Å²) in [4.78, 5) is 13.4. The second-order valence-electron chi connectivity index (χ2n) is 6.27. The molecule has 0 aromatic heterocycles. The van der Waals surface area contributed by atoms with Crippen LogP contribution >= 0.6 is 0 Å². The normalized spacial score (nSPS) is 27.8. The number of carbonyl (C=O) groups is 1. The first kappa shape index (κ1) is 12.6. The van der Waals surface area contributed by atoms with Gasteiger partial charge in [0.2, 0.25) is 0 Å². The zero-order valence-electron chi connectivity index (χ0n) is 10.8. The number of rotatable bonds is 0. The van der Waals surface area contributed by atoms with E-state index in [1.165, 1.54) is 4.90 Å². The second kappa shape index (κ2) is 4.12. The highest BCUT2D eigenvalue weighted by atomic mass is 19.1. The van der Waals surface area contributed by atoms with Gasteiger partial charge in [-0.1, -0.05) is 0 Å². The number of hydrogen-bond acceptors (Lipinski definition) is 3. The van der Waals surface area contributed by atoms with E-state index in [1.807, 2.05) is 20.8 Å². The Balaban J connectivity index is 1.98. The highest BCUT2D eigenvalue weighted by Crippen LogP contribution is 2.35. The molecule has 98 valence electrons. The standard InChI is InChI=1S/C12H21FN2O2/c1-11(2,3)17-10(16)15-5-9(13)4-12(8-15)6-14-7-12/h9,14H,4-8H2,1-3H3. The van der Waals surface area contributed by atoms with Crippen LogP contribution in [0.5, 0.6) is 0 Å². The fourth-order valence-corrected chi connectivity index (χ4v) is 2.51. The lowest BCUT2D eigenvalue weighted by Crippen LogP contribution is -2.64. The van der Waals surface area contributed by atoms with Gasteiger partial charge in [-0.3, -0.25) is 0 Å². The van der Waals surface area contributed by atoms with E-state index in [0.717, 1.165) is 13.1 Å². The van der Waals surface area contributed by atoms with Crippen LogP contribution < -0.4 is 5.32 Å². The third-order valence-electron chi connectivity index (χ3n) is 3.25. The molecule has 17 heavy (non-hydrogen) atoms. The summed E-state index contributed by atoms with van der Waals surface area (Å²) in [6.07, 6.45) is -0.774. The minimum Gasteiger partial charge on any atom is -0.444 e. The number of hydrogen-bond donors (Lipinski definition) is 1. The summed E-state index contributed by atoms with van der Waals surface area (Å²) in [5, 5.41) is 3.15. The van der Waals surface area contributed by atoms with Gasteiger partial charge in [-0.25, -0.2) is 9.18 Å². The topological polar surface area (TPSA) is 41.6 Å². The van der Waals surface area contributed by atoms with Gasteiger partial charge >= 0.3 is 6.09 Å². The van der Waals surface area contributed by atoms with Crippen molar-refractivity contribution in [1.82, 2.24) is 10.2 Å². The van der Waals surface area contributed by atoms with Crippen molar-refractivity contribution in [2.45, 2.75) is 39.0 Å². The molecular formula is C12H21FN2O2. The van der Waals surface area contributed by atoms with Gasteiger partial charge in [0, 0.05) is 25.0 Å². The van der Waals surface area contributed by atoms with E-state index < -0.39 is 17.9 Å². The Morgan fingerprint density at radius 2 is 2.12 bits per heavy atom. The van der Waals surface area contributed by atoms with Gasteiger partial charge in [0.25, 0.3) is 0 Å². The maximum Gasteiger partial charge on any atom is 0.410 e. The highest BCUT2D eigenvalue weighted by molar-refractivity contribution is 5.68. The Bertz CT molecular complexity index is 310. The average molecular weight is 244 g/mol. The van der Waals surface area contributed by atoms with Crippen LogP contribution in [0.2, 0.25) is 0 Å². The Labute approximate surface area is 101 Å². The third kappa shape index (κ3) is 2.89. The number of halogens is 1. The maximum atomic E-state index is 13.7. The summed E-state index contributed by atoms with van der Waals surface area (Å²) in [5.41, 5.74) is -0.583. The third-order valence-corrected chi connectivity index (χ3v) is 3.25. The smallest absolute Gasteiger partial charge is 0.410 e. The zero-order chi connectivity index (χ0) is 12.7. The van der Waals surface area contributed by atoms with E-state index in [-0.39, 0.29) is 12.0 Å². The van der Waals surface area contributed by atoms with Gasteiger partial charge in [-0.2, -0.15) is 0 Å². The van der Waals surface area contributed by atoms with Crippen LogP contribution in [0.25, 0.3) is 0 Å². The predicted octanol–water partition coefficient (Wildman–Crippen LogP) is 1.55. The number of amides is 1. The van der Waals surface area contributed by atoms with Gasteiger partial charge in [0.05, 0.1) is 6.54 Å². The molecule has 2 heterocycles. The molecule has 1 unspecified atom stereocenters. The fraction of sp³-hybridized carbons (Fsp3) is 0.917. The lowest BCUT2D eigenvalue weighted by Gasteiger charge is -2.50. The number of nitrogens with one attached hydrogen (secondary N) is 1. The van der Waals surface area contributed by atoms with Gasteiger partial charge in [-0.05, 0) is 27.2 Å². The van der Waals surface area contributed by atoms with Crippen molar-refractivity contribution in [1.29, 1.82) is 0 Å². The fourth-order valence-electron chi connectivity index (χ4n) is 2.51. The molecule has 5 heteroatoms. The molecule has 2 aliphatic rings. The van der Waals surface area contributed by atoms with Crippen LogP contribution in [0.15, 0.2) is 0 Å². The quantitative estimate of drug-likeness (QED) is 0.703. The largest absolute Gasteiger partial charge is 0.444 e. The summed E-state index contributed by atoms with van der Waals surface area (Å²) in [7, 11) is 0. The molecule has 1 N–H and O–H groups in total. The predicted molar refractivity (Wildman–Crippen MR) is 62.6 cm³/mol. The van der Waals surface area contributed by atoms with E-state index >= 15 is 0 Å². The summed E-state index contributed by atoms with van der Waals surface area (Å²) >= 11 is 0. The van der Waals surface area contributed by atoms with Gasteiger partial charge in [0.1, 0.15) is 11.8 Å². The molecule has 2 fully saturated rings.